The van der Waals surface area contributed by atoms with Crippen LogP contribution in [0.1, 0.15) is 30.5 Å². The highest BCUT2D eigenvalue weighted by atomic mass is 16.1. The predicted octanol–water partition coefficient (Wildman–Crippen LogP) is 3.21. The number of nitrogens with one attached hydrogen (secondary N) is 1. The summed E-state index contributed by atoms with van der Waals surface area (Å²) in [6.07, 6.45) is 1.96. The molecule has 3 aromatic carbocycles. The summed E-state index contributed by atoms with van der Waals surface area (Å²) in [7, 11) is 0. The number of hydrogen-bond donors (Lipinski definition) is 2. The highest BCUT2D eigenvalue weighted by Crippen LogP contribution is 2.21. The summed E-state index contributed by atoms with van der Waals surface area (Å²) in [5.74, 6) is 0.102. The van der Waals surface area contributed by atoms with Crippen molar-refractivity contribution in [3.63, 3.8) is 0 Å². The Hall–Kier alpha value is -2.65. The number of amides is 1. The molecule has 3 nitrogen and oxygen atoms in total. The Labute approximate surface area is 155 Å². The van der Waals surface area contributed by atoms with Gasteiger partial charge in [0.1, 0.15) is 6.04 Å². The first-order chi connectivity index (χ1) is 12.7. The number of rotatable bonds is 8. The molecule has 0 bridgehead atoms. The molecule has 0 aliphatic heterocycles. The molecule has 0 aromatic heterocycles. The minimum atomic E-state index is 0.102. The Bertz CT molecular complexity index is 840. The Morgan fingerprint density at radius 2 is 1.69 bits per heavy atom. The van der Waals surface area contributed by atoms with Gasteiger partial charge in [0, 0.05) is 12.1 Å². The second-order valence-corrected chi connectivity index (χ2v) is 6.74. The number of hydrogen-bond acceptors (Lipinski definition) is 1. The molecule has 1 atom stereocenters. The molecule has 3 rings (SSSR count). The van der Waals surface area contributed by atoms with Crippen molar-refractivity contribution in [3.05, 3.63) is 83.9 Å². The normalized spacial score (nSPS) is 12.0. The van der Waals surface area contributed by atoms with E-state index >= 15 is 0 Å². The summed E-state index contributed by atoms with van der Waals surface area (Å²) in [6, 6.07) is 25.4. The molecule has 0 spiro atoms. The molecule has 0 radical (unpaired) electrons. The molecule has 0 heterocycles. The standard InChI is InChI=1S/C23H26N2O/c1-18(21-15-7-13-20-12-5-6-14-22(20)21)25-17-23(26)24-16-8-11-19-9-3-2-4-10-19/h2-7,9-10,12-15,18,25H,8,11,16-17H2,1H3,(H,24,26)/p+1/t18-/m1/s1. The molecule has 0 fully saturated rings. The fourth-order valence-corrected chi connectivity index (χ4v) is 3.30. The van der Waals surface area contributed by atoms with Gasteiger partial charge in [0.2, 0.25) is 0 Å². The monoisotopic (exact) mass is 347 g/mol. The van der Waals surface area contributed by atoms with Crippen LogP contribution in [0.2, 0.25) is 0 Å². The van der Waals surface area contributed by atoms with E-state index < -0.39 is 0 Å². The Balaban J connectivity index is 1.43. The minimum Gasteiger partial charge on any atom is -0.351 e. The van der Waals surface area contributed by atoms with Crippen molar-refractivity contribution in [2.75, 3.05) is 13.1 Å². The number of aryl methyl sites for hydroxylation is 1. The van der Waals surface area contributed by atoms with Gasteiger partial charge in [0.25, 0.3) is 5.91 Å². The summed E-state index contributed by atoms with van der Waals surface area (Å²) < 4.78 is 0. The Morgan fingerprint density at radius 1 is 0.962 bits per heavy atom. The quantitative estimate of drug-likeness (QED) is 0.604. The zero-order chi connectivity index (χ0) is 18.2. The number of carbonyl (C=O) groups excluding carboxylic acids is 1. The minimum absolute atomic E-state index is 0.102. The van der Waals surface area contributed by atoms with Crippen LogP contribution in [0, 0.1) is 0 Å². The van der Waals surface area contributed by atoms with E-state index in [1.807, 2.05) is 6.07 Å². The van der Waals surface area contributed by atoms with Crippen LogP contribution in [0.25, 0.3) is 10.8 Å². The first-order valence-corrected chi connectivity index (χ1v) is 9.35. The van der Waals surface area contributed by atoms with Crippen LogP contribution in [-0.2, 0) is 11.2 Å². The molecular formula is C23H27N2O+. The van der Waals surface area contributed by atoms with E-state index in [9.17, 15) is 4.79 Å². The summed E-state index contributed by atoms with van der Waals surface area (Å²) in [5.41, 5.74) is 2.60. The fourth-order valence-electron chi connectivity index (χ4n) is 3.30. The lowest BCUT2D eigenvalue weighted by atomic mass is 10.00. The topological polar surface area (TPSA) is 45.7 Å². The van der Waals surface area contributed by atoms with Gasteiger partial charge in [0.15, 0.2) is 6.54 Å². The number of nitrogens with two attached hydrogens (primary N) is 1. The van der Waals surface area contributed by atoms with Gasteiger partial charge >= 0.3 is 0 Å². The molecule has 134 valence electrons. The first-order valence-electron chi connectivity index (χ1n) is 9.35. The summed E-state index contributed by atoms with van der Waals surface area (Å²) >= 11 is 0. The van der Waals surface area contributed by atoms with E-state index in [1.165, 1.54) is 21.9 Å². The lowest BCUT2D eigenvalue weighted by Crippen LogP contribution is -2.87. The van der Waals surface area contributed by atoms with Gasteiger partial charge < -0.3 is 10.6 Å². The second-order valence-electron chi connectivity index (χ2n) is 6.74. The van der Waals surface area contributed by atoms with Gasteiger partial charge in [-0.3, -0.25) is 4.79 Å². The van der Waals surface area contributed by atoms with Gasteiger partial charge in [0.05, 0.1) is 0 Å². The molecular weight excluding hydrogens is 320 g/mol. The van der Waals surface area contributed by atoms with Gasteiger partial charge in [-0.1, -0.05) is 72.8 Å². The summed E-state index contributed by atoms with van der Waals surface area (Å²) in [4.78, 5) is 12.1. The van der Waals surface area contributed by atoms with Gasteiger partial charge in [-0.25, -0.2) is 0 Å². The highest BCUT2D eigenvalue weighted by Gasteiger charge is 2.13. The molecule has 0 saturated carbocycles. The van der Waals surface area contributed by atoms with Crippen LogP contribution in [0.4, 0.5) is 0 Å². The van der Waals surface area contributed by atoms with Crippen LogP contribution in [-0.4, -0.2) is 19.0 Å². The highest BCUT2D eigenvalue weighted by molar-refractivity contribution is 5.85. The van der Waals surface area contributed by atoms with Crippen molar-refractivity contribution < 1.29 is 10.1 Å². The van der Waals surface area contributed by atoms with Crippen LogP contribution in [0.5, 0.6) is 0 Å². The maximum Gasteiger partial charge on any atom is 0.275 e. The van der Waals surface area contributed by atoms with Gasteiger partial charge in [-0.15, -0.1) is 0 Å². The van der Waals surface area contributed by atoms with Crippen molar-refractivity contribution in [1.29, 1.82) is 0 Å². The first kappa shape index (κ1) is 18.2. The van der Waals surface area contributed by atoms with Crippen LogP contribution < -0.4 is 10.6 Å². The average Bonchev–Trinajstić information content (AvgIpc) is 2.70. The SMILES string of the molecule is C[C@@H]([NH2+]CC(=O)NCCCc1ccccc1)c1cccc2ccccc12. The molecule has 3 N–H and O–H groups in total. The third-order valence-electron chi connectivity index (χ3n) is 4.78. The summed E-state index contributed by atoms with van der Waals surface area (Å²) in [5, 5.41) is 7.64. The van der Waals surface area contributed by atoms with Crippen molar-refractivity contribution in [2.45, 2.75) is 25.8 Å². The van der Waals surface area contributed by atoms with Gasteiger partial charge in [-0.2, -0.15) is 0 Å². The second kappa shape index (κ2) is 9.16. The lowest BCUT2D eigenvalue weighted by Gasteiger charge is -2.13. The number of carbonyl (C=O) groups is 1. The van der Waals surface area contributed by atoms with Gasteiger partial charge in [-0.05, 0) is 36.1 Å². The molecule has 26 heavy (non-hydrogen) atoms. The van der Waals surface area contributed by atoms with E-state index in [2.05, 4.69) is 84.3 Å². The molecule has 0 saturated heterocycles. The maximum absolute atomic E-state index is 12.1. The van der Waals surface area contributed by atoms with Crippen molar-refractivity contribution in [1.82, 2.24) is 5.32 Å². The summed E-state index contributed by atoms with van der Waals surface area (Å²) in [6.45, 7) is 3.34. The Kier molecular flexibility index (Phi) is 6.39. The largest absolute Gasteiger partial charge is 0.351 e. The van der Waals surface area contributed by atoms with E-state index in [1.54, 1.807) is 0 Å². The maximum atomic E-state index is 12.1. The smallest absolute Gasteiger partial charge is 0.275 e. The van der Waals surface area contributed by atoms with E-state index in [-0.39, 0.29) is 11.9 Å². The van der Waals surface area contributed by atoms with Crippen molar-refractivity contribution in [2.24, 2.45) is 0 Å². The average molecular weight is 347 g/mol. The zero-order valence-electron chi connectivity index (χ0n) is 15.3. The third kappa shape index (κ3) is 4.93. The molecule has 1 amide bonds. The van der Waals surface area contributed by atoms with Crippen molar-refractivity contribution in [3.8, 4) is 0 Å². The Morgan fingerprint density at radius 3 is 2.54 bits per heavy atom. The van der Waals surface area contributed by atoms with Crippen LogP contribution in [0.15, 0.2) is 72.8 Å². The van der Waals surface area contributed by atoms with Crippen LogP contribution >= 0.6 is 0 Å². The zero-order valence-corrected chi connectivity index (χ0v) is 15.3. The number of fused-ring (bicyclic) bond motifs is 1. The lowest BCUT2D eigenvalue weighted by molar-refractivity contribution is -0.682. The fraction of sp³-hybridized carbons (Fsp3) is 0.261. The number of quaternary nitrogens is 1. The van der Waals surface area contributed by atoms with E-state index in [0.717, 1.165) is 19.4 Å². The van der Waals surface area contributed by atoms with Crippen molar-refractivity contribution >= 4 is 16.7 Å². The van der Waals surface area contributed by atoms with E-state index in [0.29, 0.717) is 6.54 Å². The third-order valence-corrected chi connectivity index (χ3v) is 4.78. The predicted molar refractivity (Wildman–Crippen MR) is 107 cm³/mol. The number of benzene rings is 3. The molecule has 0 aliphatic rings. The van der Waals surface area contributed by atoms with E-state index in [4.69, 9.17) is 0 Å². The molecule has 3 heteroatoms. The molecule has 0 unspecified atom stereocenters. The van der Waals surface area contributed by atoms with Crippen LogP contribution in [0.3, 0.4) is 0 Å². The molecule has 3 aromatic rings. The molecule has 0 aliphatic carbocycles.